The first kappa shape index (κ1) is 19.0. The van der Waals surface area contributed by atoms with Crippen LogP contribution in [0.2, 0.25) is 0 Å². The van der Waals surface area contributed by atoms with Gasteiger partial charge in [0.1, 0.15) is 0 Å². The highest BCUT2D eigenvalue weighted by molar-refractivity contribution is 5.67. The average molecular weight is 383 g/mol. The number of fused-ring (bicyclic) bond motifs is 1. The summed E-state index contributed by atoms with van der Waals surface area (Å²) in [5.74, 6) is 0. The lowest BCUT2D eigenvalue weighted by Gasteiger charge is -2.26. The van der Waals surface area contributed by atoms with Crippen molar-refractivity contribution in [2.45, 2.75) is 31.9 Å². The van der Waals surface area contributed by atoms with Gasteiger partial charge in [-0.1, -0.05) is 48.6 Å². The third-order valence-corrected chi connectivity index (χ3v) is 5.62. The van der Waals surface area contributed by atoms with E-state index in [0.717, 1.165) is 57.0 Å². The number of hydrogen-bond acceptors (Lipinski definition) is 1. The Balaban J connectivity index is 1.38. The Morgan fingerprint density at radius 3 is 2.46 bits per heavy atom. The molecule has 4 rings (SSSR count). The molecule has 1 aliphatic heterocycles. The first-order valence-electron chi connectivity index (χ1n) is 9.87. The van der Waals surface area contributed by atoms with Crippen LogP contribution in [0.5, 0.6) is 0 Å². The van der Waals surface area contributed by atoms with Gasteiger partial charge < -0.3 is 0 Å². The van der Waals surface area contributed by atoms with E-state index in [1.165, 1.54) is 28.1 Å². The standard InChI is InChI=1S/C24H24F3N/c25-24(26,27)23-7-3-6-22(17-23)20-11-14-28(15-12-20)13-10-18-8-9-19-4-1-2-5-21(19)16-18/h3-9,11,16-17H,1-2,10,12-15H2. The van der Waals surface area contributed by atoms with E-state index in [9.17, 15) is 13.2 Å². The zero-order chi connectivity index (χ0) is 19.6. The highest BCUT2D eigenvalue weighted by Gasteiger charge is 2.30. The molecular weight excluding hydrogens is 359 g/mol. The smallest absolute Gasteiger partial charge is 0.299 e. The summed E-state index contributed by atoms with van der Waals surface area (Å²) in [6.45, 7) is 2.64. The molecule has 0 atom stereocenters. The first-order chi connectivity index (χ1) is 13.5. The normalized spacial score (nSPS) is 17.3. The van der Waals surface area contributed by atoms with Crippen LogP contribution in [0.4, 0.5) is 13.2 Å². The largest absolute Gasteiger partial charge is 0.416 e. The van der Waals surface area contributed by atoms with Crippen LogP contribution in [-0.2, 0) is 12.6 Å². The molecule has 2 aliphatic rings. The highest BCUT2D eigenvalue weighted by atomic mass is 19.4. The SMILES string of the molecule is FC(F)(F)c1cccc(C2=CCN(CCc3ccc4c(c3)=CCCC=4)CC2)c1. The predicted octanol–water partition coefficient (Wildman–Crippen LogP) is 4.39. The molecule has 4 heteroatoms. The molecule has 0 N–H and O–H groups in total. The second-order valence-electron chi connectivity index (χ2n) is 7.56. The topological polar surface area (TPSA) is 3.24 Å². The van der Waals surface area contributed by atoms with E-state index in [2.05, 4.69) is 41.3 Å². The number of alkyl halides is 3. The Kier molecular flexibility index (Phi) is 5.40. The van der Waals surface area contributed by atoms with E-state index in [4.69, 9.17) is 0 Å². The molecule has 1 heterocycles. The second-order valence-corrected chi connectivity index (χ2v) is 7.56. The van der Waals surface area contributed by atoms with Crippen molar-refractivity contribution in [2.24, 2.45) is 0 Å². The summed E-state index contributed by atoms with van der Waals surface area (Å²) in [4.78, 5) is 2.37. The molecule has 2 aromatic carbocycles. The number of benzene rings is 2. The van der Waals surface area contributed by atoms with Gasteiger partial charge in [-0.25, -0.2) is 0 Å². The Morgan fingerprint density at radius 2 is 1.71 bits per heavy atom. The Bertz CT molecular complexity index is 1000. The second kappa shape index (κ2) is 7.96. The molecule has 1 nitrogen and oxygen atoms in total. The lowest BCUT2D eigenvalue weighted by molar-refractivity contribution is -0.137. The summed E-state index contributed by atoms with van der Waals surface area (Å²) in [7, 11) is 0. The fourth-order valence-corrected chi connectivity index (χ4v) is 3.98. The number of rotatable bonds is 4. The minimum atomic E-state index is -4.29. The van der Waals surface area contributed by atoms with Gasteiger partial charge in [0.05, 0.1) is 5.56 Å². The molecule has 2 aromatic rings. The first-order valence-corrected chi connectivity index (χ1v) is 9.87. The van der Waals surface area contributed by atoms with Crippen molar-refractivity contribution in [3.63, 3.8) is 0 Å². The maximum absolute atomic E-state index is 12.9. The van der Waals surface area contributed by atoms with Gasteiger partial charge in [-0.15, -0.1) is 0 Å². The molecule has 0 fully saturated rings. The lowest BCUT2D eigenvalue weighted by Crippen LogP contribution is -2.31. The molecule has 0 amide bonds. The molecule has 0 spiro atoms. The van der Waals surface area contributed by atoms with Crippen LogP contribution < -0.4 is 10.4 Å². The van der Waals surface area contributed by atoms with Gasteiger partial charge in [-0.3, -0.25) is 4.90 Å². The summed E-state index contributed by atoms with van der Waals surface area (Å²) < 4.78 is 38.8. The maximum Gasteiger partial charge on any atom is 0.416 e. The van der Waals surface area contributed by atoms with Crippen molar-refractivity contribution in [1.29, 1.82) is 0 Å². The van der Waals surface area contributed by atoms with Gasteiger partial charge in [-0.05, 0) is 65.0 Å². The summed E-state index contributed by atoms with van der Waals surface area (Å²) in [5, 5.41) is 2.68. The summed E-state index contributed by atoms with van der Waals surface area (Å²) in [5.41, 5.74) is 2.48. The van der Waals surface area contributed by atoms with Gasteiger partial charge in [0, 0.05) is 19.6 Å². The monoisotopic (exact) mass is 383 g/mol. The Hall–Kier alpha value is -2.33. The minimum Gasteiger partial charge on any atom is -0.299 e. The summed E-state index contributed by atoms with van der Waals surface area (Å²) in [6.07, 6.45) is 6.41. The van der Waals surface area contributed by atoms with E-state index in [0.29, 0.717) is 5.56 Å². The van der Waals surface area contributed by atoms with E-state index in [1.54, 1.807) is 6.07 Å². The van der Waals surface area contributed by atoms with Gasteiger partial charge in [0.25, 0.3) is 0 Å². The van der Waals surface area contributed by atoms with Crippen molar-refractivity contribution >= 4 is 17.7 Å². The lowest BCUT2D eigenvalue weighted by atomic mass is 9.97. The van der Waals surface area contributed by atoms with Crippen LogP contribution in [-0.4, -0.2) is 24.5 Å². The molecule has 0 saturated heterocycles. The molecule has 0 unspecified atom stereocenters. The van der Waals surface area contributed by atoms with Crippen molar-refractivity contribution in [3.05, 3.63) is 75.7 Å². The van der Waals surface area contributed by atoms with E-state index in [-0.39, 0.29) is 0 Å². The van der Waals surface area contributed by atoms with Gasteiger partial charge in [0.15, 0.2) is 0 Å². The van der Waals surface area contributed by atoms with Crippen LogP contribution in [0, 0.1) is 0 Å². The molecule has 0 bridgehead atoms. The van der Waals surface area contributed by atoms with Gasteiger partial charge in [0.2, 0.25) is 0 Å². The Labute approximate surface area is 163 Å². The van der Waals surface area contributed by atoms with Gasteiger partial charge >= 0.3 is 6.18 Å². The van der Waals surface area contributed by atoms with E-state index in [1.807, 2.05) is 0 Å². The number of halogens is 3. The fourth-order valence-electron chi connectivity index (χ4n) is 3.98. The summed E-state index contributed by atoms with van der Waals surface area (Å²) >= 11 is 0. The van der Waals surface area contributed by atoms with Crippen LogP contribution in [0.3, 0.4) is 0 Å². The number of hydrogen-bond donors (Lipinski definition) is 0. The van der Waals surface area contributed by atoms with Crippen molar-refractivity contribution in [1.82, 2.24) is 4.90 Å². The molecule has 0 radical (unpaired) electrons. The van der Waals surface area contributed by atoms with Crippen LogP contribution >= 0.6 is 0 Å². The molecular formula is C24H24F3N. The van der Waals surface area contributed by atoms with Crippen molar-refractivity contribution < 1.29 is 13.2 Å². The third-order valence-electron chi connectivity index (χ3n) is 5.62. The van der Waals surface area contributed by atoms with E-state index >= 15 is 0 Å². The summed E-state index contributed by atoms with van der Waals surface area (Å²) in [6, 6.07) is 12.4. The highest BCUT2D eigenvalue weighted by Crippen LogP contribution is 2.32. The molecule has 1 aliphatic carbocycles. The minimum absolute atomic E-state index is 0.574. The van der Waals surface area contributed by atoms with Crippen molar-refractivity contribution in [2.75, 3.05) is 19.6 Å². The molecule has 0 aromatic heterocycles. The zero-order valence-corrected chi connectivity index (χ0v) is 15.8. The zero-order valence-electron chi connectivity index (χ0n) is 15.8. The maximum atomic E-state index is 12.9. The molecule has 28 heavy (non-hydrogen) atoms. The van der Waals surface area contributed by atoms with E-state index < -0.39 is 11.7 Å². The predicted molar refractivity (Wildman–Crippen MR) is 108 cm³/mol. The molecule has 146 valence electrons. The molecule has 0 saturated carbocycles. The van der Waals surface area contributed by atoms with Gasteiger partial charge in [-0.2, -0.15) is 13.2 Å². The fraction of sp³-hybridized carbons (Fsp3) is 0.333. The van der Waals surface area contributed by atoms with Crippen LogP contribution in [0.25, 0.3) is 17.7 Å². The quantitative estimate of drug-likeness (QED) is 0.757. The van der Waals surface area contributed by atoms with Crippen LogP contribution in [0.15, 0.2) is 48.5 Å². The third kappa shape index (κ3) is 4.39. The van der Waals surface area contributed by atoms with Crippen LogP contribution in [0.1, 0.15) is 36.0 Å². The number of nitrogens with zero attached hydrogens (tertiary/aromatic N) is 1. The average Bonchev–Trinajstić information content (AvgIpc) is 2.72. The van der Waals surface area contributed by atoms with Crippen molar-refractivity contribution in [3.8, 4) is 0 Å². The Morgan fingerprint density at radius 1 is 0.893 bits per heavy atom.